The first kappa shape index (κ1) is 17.2. The summed E-state index contributed by atoms with van der Waals surface area (Å²) in [6, 6.07) is 2.19. The molecule has 21 heavy (non-hydrogen) atoms. The van der Waals surface area contributed by atoms with Crippen molar-refractivity contribution >= 4 is 11.7 Å². The number of nitrogens with one attached hydrogen (secondary N) is 1. The average molecular weight is 304 g/mol. The lowest BCUT2D eigenvalue weighted by Gasteiger charge is -2.24. The summed E-state index contributed by atoms with van der Waals surface area (Å²) in [6.07, 6.45) is -4.53. The number of carbonyl (C=O) groups excluding carboxylic acids is 1. The van der Waals surface area contributed by atoms with Crippen molar-refractivity contribution in [3.8, 4) is 0 Å². The molecule has 1 aromatic heterocycles. The highest BCUT2D eigenvalue weighted by Gasteiger charge is 2.33. The van der Waals surface area contributed by atoms with E-state index in [0.29, 0.717) is 18.7 Å². The zero-order valence-corrected chi connectivity index (χ0v) is 12.0. The molecule has 0 spiro atoms. The van der Waals surface area contributed by atoms with Crippen LogP contribution in [0.15, 0.2) is 12.1 Å². The third-order valence-electron chi connectivity index (χ3n) is 2.86. The summed E-state index contributed by atoms with van der Waals surface area (Å²) in [6.45, 7) is 4.29. The van der Waals surface area contributed by atoms with Crippen LogP contribution < -0.4 is 16.0 Å². The average Bonchev–Trinajstić information content (AvgIpc) is 2.43. The molecule has 8 heteroatoms. The van der Waals surface area contributed by atoms with Crippen molar-refractivity contribution in [2.75, 3.05) is 24.5 Å². The van der Waals surface area contributed by atoms with E-state index in [0.717, 1.165) is 6.07 Å². The van der Waals surface area contributed by atoms with Gasteiger partial charge in [-0.2, -0.15) is 13.2 Å². The van der Waals surface area contributed by atoms with Crippen LogP contribution in [0.2, 0.25) is 0 Å². The smallest absolute Gasteiger partial charge is 0.355 e. The summed E-state index contributed by atoms with van der Waals surface area (Å²) in [5.41, 5.74) is 5.01. The molecule has 1 aromatic rings. The zero-order chi connectivity index (χ0) is 16.0. The van der Waals surface area contributed by atoms with Gasteiger partial charge in [0.05, 0.1) is 6.54 Å². The Bertz CT molecular complexity index is 491. The number of amides is 1. The second kappa shape index (κ2) is 7.26. The third kappa shape index (κ3) is 4.59. The number of alkyl halides is 3. The number of nitrogens with zero attached hydrogens (tertiary/aromatic N) is 2. The number of aromatic nitrogens is 1. The number of rotatable bonds is 6. The van der Waals surface area contributed by atoms with Crippen LogP contribution in [0, 0.1) is 0 Å². The summed E-state index contributed by atoms with van der Waals surface area (Å²) in [5.74, 6) is -0.178. The first-order chi connectivity index (χ1) is 9.83. The van der Waals surface area contributed by atoms with Gasteiger partial charge in [-0.3, -0.25) is 4.79 Å². The molecule has 0 aliphatic heterocycles. The molecule has 0 atom stereocenters. The largest absolute Gasteiger partial charge is 0.433 e. The van der Waals surface area contributed by atoms with E-state index in [-0.39, 0.29) is 24.8 Å². The summed E-state index contributed by atoms with van der Waals surface area (Å²) >= 11 is 0. The maximum atomic E-state index is 12.8. The van der Waals surface area contributed by atoms with Crippen LogP contribution in [-0.2, 0) is 17.5 Å². The Kier molecular flexibility index (Phi) is 5.95. The lowest BCUT2D eigenvalue weighted by Crippen LogP contribution is -2.38. The molecule has 0 aliphatic carbocycles. The molecule has 1 amide bonds. The van der Waals surface area contributed by atoms with Crippen molar-refractivity contribution in [2.24, 2.45) is 5.73 Å². The van der Waals surface area contributed by atoms with Gasteiger partial charge in [0, 0.05) is 25.2 Å². The summed E-state index contributed by atoms with van der Waals surface area (Å²) < 4.78 is 38.3. The zero-order valence-electron chi connectivity index (χ0n) is 12.0. The van der Waals surface area contributed by atoms with Crippen LogP contribution in [0.4, 0.5) is 19.0 Å². The van der Waals surface area contributed by atoms with Gasteiger partial charge in [0.15, 0.2) is 0 Å². The van der Waals surface area contributed by atoms with Gasteiger partial charge < -0.3 is 16.0 Å². The number of pyridine rings is 1. The highest BCUT2D eigenvalue weighted by atomic mass is 19.4. The molecule has 5 nitrogen and oxygen atoms in total. The minimum absolute atomic E-state index is 0.0480. The van der Waals surface area contributed by atoms with E-state index in [4.69, 9.17) is 5.73 Å². The Morgan fingerprint density at radius 3 is 2.52 bits per heavy atom. The molecular weight excluding hydrogens is 285 g/mol. The lowest BCUT2D eigenvalue weighted by atomic mass is 10.2. The molecular formula is C13H19F3N4O. The number of hydrogen-bond acceptors (Lipinski definition) is 4. The molecule has 0 radical (unpaired) electrons. The van der Waals surface area contributed by atoms with E-state index in [1.807, 2.05) is 0 Å². The minimum Gasteiger partial charge on any atom is -0.355 e. The van der Waals surface area contributed by atoms with Gasteiger partial charge in [0.2, 0.25) is 5.91 Å². The Morgan fingerprint density at radius 2 is 2.05 bits per heavy atom. The van der Waals surface area contributed by atoms with E-state index < -0.39 is 11.9 Å². The lowest BCUT2D eigenvalue weighted by molar-refractivity contribution is -0.141. The Hall–Kier alpha value is -1.83. The van der Waals surface area contributed by atoms with Crippen LogP contribution in [0.25, 0.3) is 0 Å². The van der Waals surface area contributed by atoms with Gasteiger partial charge >= 0.3 is 6.18 Å². The van der Waals surface area contributed by atoms with Gasteiger partial charge in [0.25, 0.3) is 0 Å². The van der Waals surface area contributed by atoms with Crippen LogP contribution in [0.5, 0.6) is 0 Å². The number of carbonyl (C=O) groups is 1. The van der Waals surface area contributed by atoms with Crippen molar-refractivity contribution in [1.29, 1.82) is 0 Å². The highest BCUT2D eigenvalue weighted by molar-refractivity contribution is 5.81. The molecule has 3 N–H and O–H groups in total. The Balaban J connectivity index is 3.13. The van der Waals surface area contributed by atoms with Gasteiger partial charge in [-0.25, -0.2) is 4.98 Å². The molecule has 1 heterocycles. The summed E-state index contributed by atoms with van der Waals surface area (Å²) in [5, 5.41) is 2.60. The number of nitrogens with two attached hydrogens (primary N) is 1. The van der Waals surface area contributed by atoms with Gasteiger partial charge in [-0.1, -0.05) is 6.07 Å². The Labute approximate surface area is 121 Å². The van der Waals surface area contributed by atoms with Crippen molar-refractivity contribution in [3.05, 3.63) is 23.4 Å². The van der Waals surface area contributed by atoms with Crippen LogP contribution in [0.3, 0.4) is 0 Å². The predicted octanol–water partition coefficient (Wildman–Crippen LogP) is 1.52. The van der Waals surface area contributed by atoms with Crippen molar-refractivity contribution in [1.82, 2.24) is 10.3 Å². The molecule has 0 aliphatic rings. The minimum atomic E-state index is -4.53. The first-order valence-electron chi connectivity index (χ1n) is 6.62. The van der Waals surface area contributed by atoms with Gasteiger partial charge in [0.1, 0.15) is 11.5 Å². The number of anilines is 1. The van der Waals surface area contributed by atoms with E-state index in [9.17, 15) is 18.0 Å². The quantitative estimate of drug-likeness (QED) is 0.836. The molecule has 0 bridgehead atoms. The second-order valence-corrected chi connectivity index (χ2v) is 4.35. The van der Waals surface area contributed by atoms with Crippen LogP contribution in [-0.4, -0.2) is 30.5 Å². The molecule has 1 rings (SSSR count). The van der Waals surface area contributed by atoms with E-state index in [2.05, 4.69) is 10.3 Å². The molecule has 0 aromatic carbocycles. The highest BCUT2D eigenvalue weighted by Crippen LogP contribution is 2.30. The number of hydrogen-bond donors (Lipinski definition) is 2. The SMILES string of the molecule is CCNC(=O)CN(CC)c1nc(C(F)(F)F)ccc1CN. The first-order valence-corrected chi connectivity index (χ1v) is 6.62. The van der Waals surface area contributed by atoms with Crippen LogP contribution >= 0.6 is 0 Å². The maximum Gasteiger partial charge on any atom is 0.433 e. The van der Waals surface area contributed by atoms with Crippen molar-refractivity contribution < 1.29 is 18.0 Å². The summed E-state index contributed by atoms with van der Waals surface area (Å²) in [7, 11) is 0. The standard InChI is InChI=1S/C13H19F3N4O/c1-3-18-11(21)8-20(4-2)12-9(7-17)5-6-10(19-12)13(14,15)16/h5-6H,3-4,7-8,17H2,1-2H3,(H,18,21). The van der Waals surface area contributed by atoms with Gasteiger partial charge in [-0.15, -0.1) is 0 Å². The van der Waals surface area contributed by atoms with Crippen LogP contribution in [0.1, 0.15) is 25.1 Å². The fourth-order valence-electron chi connectivity index (χ4n) is 1.83. The molecule has 0 saturated heterocycles. The van der Waals surface area contributed by atoms with E-state index >= 15 is 0 Å². The number of likely N-dealkylation sites (N-methyl/N-ethyl adjacent to an activating group) is 2. The second-order valence-electron chi connectivity index (χ2n) is 4.35. The molecule has 0 saturated carbocycles. The van der Waals surface area contributed by atoms with E-state index in [1.54, 1.807) is 13.8 Å². The third-order valence-corrected chi connectivity index (χ3v) is 2.86. The maximum absolute atomic E-state index is 12.8. The summed E-state index contributed by atoms with van der Waals surface area (Å²) in [4.78, 5) is 16.7. The topological polar surface area (TPSA) is 71.2 Å². The van der Waals surface area contributed by atoms with Gasteiger partial charge in [-0.05, 0) is 19.9 Å². The molecule has 0 unspecified atom stereocenters. The fraction of sp³-hybridized carbons (Fsp3) is 0.538. The fourth-order valence-corrected chi connectivity index (χ4v) is 1.83. The van der Waals surface area contributed by atoms with Crippen molar-refractivity contribution in [3.63, 3.8) is 0 Å². The molecule has 118 valence electrons. The van der Waals surface area contributed by atoms with E-state index in [1.165, 1.54) is 11.0 Å². The Morgan fingerprint density at radius 1 is 1.38 bits per heavy atom. The monoisotopic (exact) mass is 304 g/mol. The normalized spacial score (nSPS) is 11.3. The number of halogens is 3. The van der Waals surface area contributed by atoms with Crippen molar-refractivity contribution in [2.45, 2.75) is 26.6 Å². The predicted molar refractivity (Wildman–Crippen MR) is 73.7 cm³/mol. The molecule has 0 fully saturated rings.